The van der Waals surface area contributed by atoms with Crippen molar-refractivity contribution in [1.82, 2.24) is 9.97 Å². The molecule has 154 valence electrons. The van der Waals surface area contributed by atoms with Gasteiger partial charge in [-0.05, 0) is 31.2 Å². The molecule has 0 spiro atoms. The largest absolute Gasteiger partial charge is 0.486 e. The highest BCUT2D eigenvalue weighted by molar-refractivity contribution is 7.93. The molecule has 0 aliphatic carbocycles. The number of thiazole rings is 2. The number of hydrogen-bond acceptors (Lipinski definition) is 7. The molecule has 4 rings (SSSR count). The number of anilines is 1. The second kappa shape index (κ2) is 8.95. The van der Waals surface area contributed by atoms with Crippen LogP contribution in [0.25, 0.3) is 0 Å². The molecule has 0 aliphatic heterocycles. The predicted molar refractivity (Wildman–Crippen MR) is 120 cm³/mol. The molecule has 0 atom stereocenters. The molecule has 0 aliphatic rings. The van der Waals surface area contributed by atoms with Crippen molar-refractivity contribution in [2.45, 2.75) is 25.0 Å². The fraction of sp³-hybridized carbons (Fsp3) is 0.143. The summed E-state index contributed by atoms with van der Waals surface area (Å²) in [4.78, 5) is 9.00. The second-order valence-electron chi connectivity index (χ2n) is 6.47. The van der Waals surface area contributed by atoms with E-state index < -0.39 is 10.0 Å². The van der Waals surface area contributed by atoms with Crippen LogP contribution >= 0.6 is 22.7 Å². The van der Waals surface area contributed by atoms with Crippen LogP contribution in [0.15, 0.2) is 76.4 Å². The Bertz CT molecular complexity index is 1190. The number of benzene rings is 2. The Kier molecular flexibility index (Phi) is 6.12. The van der Waals surface area contributed by atoms with Gasteiger partial charge in [-0.3, -0.25) is 0 Å². The SMILES string of the molecule is Cc1ccc(OCc2nc(CN(c3nccs3)S(=O)(=O)c3ccccc3)cs2)cc1. The zero-order chi connectivity index (χ0) is 21.0. The van der Waals surface area contributed by atoms with Gasteiger partial charge in [-0.25, -0.2) is 22.7 Å². The zero-order valence-electron chi connectivity index (χ0n) is 16.1. The Morgan fingerprint density at radius 2 is 1.80 bits per heavy atom. The maximum Gasteiger partial charge on any atom is 0.266 e. The normalized spacial score (nSPS) is 11.4. The summed E-state index contributed by atoms with van der Waals surface area (Å²) in [5.41, 5.74) is 1.82. The lowest BCUT2D eigenvalue weighted by Crippen LogP contribution is -2.30. The van der Waals surface area contributed by atoms with E-state index in [2.05, 4.69) is 9.97 Å². The molecule has 0 N–H and O–H groups in total. The van der Waals surface area contributed by atoms with Crippen LogP contribution in [0.5, 0.6) is 5.75 Å². The summed E-state index contributed by atoms with van der Waals surface area (Å²) in [6.45, 7) is 2.46. The number of ether oxygens (including phenoxy) is 1. The van der Waals surface area contributed by atoms with E-state index in [1.807, 2.05) is 36.6 Å². The smallest absolute Gasteiger partial charge is 0.266 e. The van der Waals surface area contributed by atoms with Gasteiger partial charge in [-0.15, -0.1) is 22.7 Å². The predicted octanol–water partition coefficient (Wildman–Crippen LogP) is 4.88. The fourth-order valence-corrected chi connectivity index (χ4v) is 5.71. The first kappa shape index (κ1) is 20.5. The first-order valence-corrected chi connectivity index (χ1v) is 12.3. The third kappa shape index (κ3) is 4.69. The van der Waals surface area contributed by atoms with Crippen LogP contribution in [0, 0.1) is 6.92 Å². The zero-order valence-corrected chi connectivity index (χ0v) is 18.6. The lowest BCUT2D eigenvalue weighted by atomic mass is 10.2. The van der Waals surface area contributed by atoms with Crippen molar-refractivity contribution in [3.05, 3.63) is 87.8 Å². The molecule has 4 aromatic rings. The van der Waals surface area contributed by atoms with Gasteiger partial charge in [0.15, 0.2) is 5.13 Å². The average molecular weight is 458 g/mol. The number of sulfonamides is 1. The van der Waals surface area contributed by atoms with Crippen LogP contribution in [-0.4, -0.2) is 18.4 Å². The minimum absolute atomic E-state index is 0.103. The molecule has 6 nitrogen and oxygen atoms in total. The van der Waals surface area contributed by atoms with Gasteiger partial charge in [-0.1, -0.05) is 35.9 Å². The van der Waals surface area contributed by atoms with E-state index in [1.54, 1.807) is 41.9 Å². The van der Waals surface area contributed by atoms with E-state index >= 15 is 0 Å². The second-order valence-corrected chi connectivity index (χ2v) is 10.2. The van der Waals surface area contributed by atoms with Crippen molar-refractivity contribution in [1.29, 1.82) is 0 Å². The van der Waals surface area contributed by atoms with Gasteiger partial charge in [0.1, 0.15) is 17.4 Å². The van der Waals surface area contributed by atoms with Gasteiger partial charge in [-0.2, -0.15) is 0 Å². The molecule has 0 saturated heterocycles. The van der Waals surface area contributed by atoms with Gasteiger partial charge in [0, 0.05) is 17.0 Å². The van der Waals surface area contributed by atoms with Crippen LogP contribution in [0.3, 0.4) is 0 Å². The molecule has 0 unspecified atom stereocenters. The number of aryl methyl sites for hydroxylation is 1. The lowest BCUT2D eigenvalue weighted by Gasteiger charge is -2.20. The Balaban J connectivity index is 1.52. The summed E-state index contributed by atoms with van der Waals surface area (Å²) >= 11 is 2.72. The van der Waals surface area contributed by atoms with Gasteiger partial charge in [0.25, 0.3) is 10.0 Å². The third-order valence-corrected chi connectivity index (χ3v) is 7.78. The maximum absolute atomic E-state index is 13.2. The summed E-state index contributed by atoms with van der Waals surface area (Å²) in [7, 11) is -3.76. The van der Waals surface area contributed by atoms with Gasteiger partial charge >= 0.3 is 0 Å². The van der Waals surface area contributed by atoms with Crippen molar-refractivity contribution in [2.75, 3.05) is 4.31 Å². The van der Waals surface area contributed by atoms with Crippen molar-refractivity contribution in [3.8, 4) is 5.75 Å². The first-order valence-electron chi connectivity index (χ1n) is 9.12. The minimum atomic E-state index is -3.76. The number of hydrogen-bond donors (Lipinski definition) is 0. The Morgan fingerprint density at radius 3 is 2.50 bits per heavy atom. The van der Waals surface area contributed by atoms with Crippen LogP contribution in [0.4, 0.5) is 5.13 Å². The van der Waals surface area contributed by atoms with Gasteiger partial charge in [0.05, 0.1) is 17.1 Å². The van der Waals surface area contributed by atoms with Crippen LogP contribution in [0.1, 0.15) is 16.3 Å². The average Bonchev–Trinajstić information content (AvgIpc) is 3.44. The quantitative estimate of drug-likeness (QED) is 0.377. The first-order chi connectivity index (χ1) is 14.5. The minimum Gasteiger partial charge on any atom is -0.486 e. The summed E-state index contributed by atoms with van der Waals surface area (Å²) in [5.74, 6) is 0.772. The number of rotatable bonds is 8. The van der Waals surface area contributed by atoms with E-state index in [1.165, 1.54) is 32.5 Å². The highest BCUT2D eigenvalue weighted by Gasteiger charge is 2.27. The molecule has 0 saturated carbocycles. The van der Waals surface area contributed by atoms with E-state index in [-0.39, 0.29) is 11.4 Å². The van der Waals surface area contributed by atoms with Crippen LogP contribution in [-0.2, 0) is 23.2 Å². The summed E-state index contributed by atoms with van der Waals surface area (Å²) < 4.78 is 33.5. The van der Waals surface area contributed by atoms with E-state index in [0.29, 0.717) is 17.4 Å². The third-order valence-electron chi connectivity index (χ3n) is 4.25. The van der Waals surface area contributed by atoms with Crippen molar-refractivity contribution >= 4 is 37.8 Å². The Morgan fingerprint density at radius 1 is 1.03 bits per heavy atom. The van der Waals surface area contributed by atoms with E-state index in [4.69, 9.17) is 4.74 Å². The van der Waals surface area contributed by atoms with Gasteiger partial charge < -0.3 is 4.74 Å². The van der Waals surface area contributed by atoms with E-state index in [0.717, 1.165) is 10.8 Å². The topological polar surface area (TPSA) is 72.4 Å². The standard InChI is InChI=1S/C21H19N3O3S3/c1-16-7-9-18(10-8-16)27-14-20-23-17(15-29-20)13-24(21-22-11-12-28-21)30(25,26)19-5-3-2-4-6-19/h2-12,15H,13-14H2,1H3. The molecule has 0 amide bonds. The molecular weight excluding hydrogens is 438 g/mol. The number of nitrogens with zero attached hydrogens (tertiary/aromatic N) is 3. The molecule has 30 heavy (non-hydrogen) atoms. The highest BCUT2D eigenvalue weighted by Crippen LogP contribution is 2.28. The molecular formula is C21H19N3O3S3. The molecule has 0 bridgehead atoms. The van der Waals surface area contributed by atoms with Crippen LogP contribution in [0.2, 0.25) is 0 Å². The summed E-state index contributed by atoms with van der Waals surface area (Å²) in [5, 5.41) is 4.80. The van der Waals surface area contributed by atoms with Crippen molar-refractivity contribution in [2.24, 2.45) is 0 Å². The summed E-state index contributed by atoms with van der Waals surface area (Å²) in [6, 6.07) is 16.2. The van der Waals surface area contributed by atoms with Crippen LogP contribution < -0.4 is 9.04 Å². The maximum atomic E-state index is 13.2. The van der Waals surface area contributed by atoms with Crippen molar-refractivity contribution in [3.63, 3.8) is 0 Å². The summed E-state index contributed by atoms with van der Waals surface area (Å²) in [6.07, 6.45) is 1.59. The Hall–Kier alpha value is -2.75. The lowest BCUT2D eigenvalue weighted by molar-refractivity contribution is 0.305. The monoisotopic (exact) mass is 457 g/mol. The van der Waals surface area contributed by atoms with Gasteiger partial charge in [0.2, 0.25) is 0 Å². The highest BCUT2D eigenvalue weighted by atomic mass is 32.2. The molecule has 2 aromatic carbocycles. The Labute approximate surface area is 183 Å². The molecule has 2 heterocycles. The van der Waals surface area contributed by atoms with Crippen molar-refractivity contribution < 1.29 is 13.2 Å². The van der Waals surface area contributed by atoms with E-state index in [9.17, 15) is 8.42 Å². The number of aromatic nitrogens is 2. The fourth-order valence-electron chi connectivity index (χ4n) is 2.73. The molecule has 2 aromatic heterocycles. The molecule has 0 fully saturated rings. The molecule has 9 heteroatoms. The molecule has 0 radical (unpaired) electrons.